The van der Waals surface area contributed by atoms with Crippen molar-refractivity contribution in [1.82, 2.24) is 14.7 Å². The summed E-state index contributed by atoms with van der Waals surface area (Å²) in [6.07, 6.45) is 5.80. The number of aliphatic imine (C=N–C) groups is 1. The van der Waals surface area contributed by atoms with Crippen LogP contribution in [0.2, 0.25) is 0 Å². The second-order valence-electron chi connectivity index (χ2n) is 7.69. The third kappa shape index (κ3) is 2.98. The minimum atomic E-state index is 0.00653. The zero-order valence-corrected chi connectivity index (χ0v) is 15.4. The molecule has 0 unspecified atom stereocenters. The number of nitrogens with zero attached hydrogens (tertiary/aromatic N) is 4. The molecule has 1 aromatic heterocycles. The highest BCUT2D eigenvalue weighted by Crippen LogP contribution is 2.47. The quantitative estimate of drug-likeness (QED) is 0.766. The van der Waals surface area contributed by atoms with Crippen LogP contribution in [0.5, 0.6) is 0 Å². The fourth-order valence-electron chi connectivity index (χ4n) is 4.27. The number of fused-ring (bicyclic) bond motifs is 3. The molecule has 1 fully saturated rings. The van der Waals surface area contributed by atoms with E-state index in [-0.39, 0.29) is 11.4 Å². The summed E-state index contributed by atoms with van der Waals surface area (Å²) >= 11 is 0. The van der Waals surface area contributed by atoms with Crippen LogP contribution in [0.1, 0.15) is 46.6 Å². The van der Waals surface area contributed by atoms with Crippen molar-refractivity contribution < 1.29 is 9.53 Å². The number of carbonyl (C=O) groups is 1. The van der Waals surface area contributed by atoms with Gasteiger partial charge in [0.25, 0.3) is 5.91 Å². The van der Waals surface area contributed by atoms with Gasteiger partial charge < -0.3 is 9.64 Å². The normalized spacial score (nSPS) is 19.7. The Kier molecular flexibility index (Phi) is 4.08. The molecular formula is C21H24N4O2. The molecular weight excluding hydrogens is 340 g/mol. The van der Waals surface area contributed by atoms with E-state index in [2.05, 4.69) is 22.0 Å². The molecule has 1 saturated carbocycles. The second-order valence-corrected chi connectivity index (χ2v) is 7.69. The van der Waals surface area contributed by atoms with E-state index in [0.29, 0.717) is 19.8 Å². The van der Waals surface area contributed by atoms with Gasteiger partial charge in [0.2, 0.25) is 0 Å². The van der Waals surface area contributed by atoms with Crippen molar-refractivity contribution in [2.45, 2.75) is 44.4 Å². The van der Waals surface area contributed by atoms with Crippen molar-refractivity contribution >= 4 is 12.1 Å². The molecule has 2 aliphatic heterocycles. The molecule has 6 nitrogen and oxygen atoms in total. The van der Waals surface area contributed by atoms with Gasteiger partial charge in [-0.2, -0.15) is 5.10 Å². The zero-order valence-electron chi connectivity index (χ0n) is 15.4. The SMILES string of the molecule is O=C1c2c3c(nn2CCC2(CC2)N1CCOCc1ccccc1)CCN=C3. The van der Waals surface area contributed by atoms with Crippen molar-refractivity contribution in [3.05, 3.63) is 52.8 Å². The molecule has 140 valence electrons. The van der Waals surface area contributed by atoms with Gasteiger partial charge in [0.15, 0.2) is 0 Å². The molecule has 3 aliphatic rings. The Balaban J connectivity index is 1.33. The van der Waals surface area contributed by atoms with Gasteiger partial charge in [-0.1, -0.05) is 30.3 Å². The van der Waals surface area contributed by atoms with Crippen molar-refractivity contribution in [2.75, 3.05) is 19.7 Å². The number of hydrogen-bond donors (Lipinski definition) is 0. The summed E-state index contributed by atoms with van der Waals surface area (Å²) in [5, 5.41) is 4.71. The van der Waals surface area contributed by atoms with Crippen LogP contribution < -0.4 is 0 Å². The highest BCUT2D eigenvalue weighted by Gasteiger charge is 2.52. The third-order valence-electron chi connectivity index (χ3n) is 5.97. The van der Waals surface area contributed by atoms with Gasteiger partial charge in [-0.3, -0.25) is 14.5 Å². The van der Waals surface area contributed by atoms with Crippen molar-refractivity contribution in [3.8, 4) is 0 Å². The van der Waals surface area contributed by atoms with Crippen LogP contribution in [-0.2, 0) is 24.3 Å². The van der Waals surface area contributed by atoms with Crippen LogP contribution in [-0.4, -0.2) is 52.0 Å². The number of carbonyl (C=O) groups excluding carboxylic acids is 1. The summed E-state index contributed by atoms with van der Waals surface area (Å²) in [5.41, 5.74) is 3.83. The van der Waals surface area contributed by atoms with E-state index in [1.54, 1.807) is 0 Å². The van der Waals surface area contributed by atoms with Gasteiger partial charge in [0.1, 0.15) is 5.69 Å². The molecule has 0 saturated heterocycles. The molecule has 0 radical (unpaired) electrons. The molecule has 1 spiro atoms. The Morgan fingerprint density at radius 3 is 2.81 bits per heavy atom. The first-order chi connectivity index (χ1) is 13.3. The van der Waals surface area contributed by atoms with Gasteiger partial charge in [-0.05, 0) is 24.8 Å². The number of rotatable bonds is 5. The highest BCUT2D eigenvalue weighted by atomic mass is 16.5. The predicted octanol–water partition coefficient (Wildman–Crippen LogP) is 2.45. The van der Waals surface area contributed by atoms with Gasteiger partial charge in [-0.15, -0.1) is 0 Å². The maximum Gasteiger partial charge on any atom is 0.273 e. The molecule has 0 N–H and O–H groups in total. The number of ether oxygens (including phenoxy) is 1. The average Bonchev–Trinajstić information content (AvgIpc) is 3.41. The van der Waals surface area contributed by atoms with Crippen LogP contribution in [0.4, 0.5) is 0 Å². The molecule has 0 atom stereocenters. The first-order valence-corrected chi connectivity index (χ1v) is 9.80. The Labute approximate surface area is 158 Å². The van der Waals surface area contributed by atoms with E-state index in [4.69, 9.17) is 9.84 Å². The van der Waals surface area contributed by atoms with Crippen LogP contribution in [0.15, 0.2) is 35.3 Å². The molecule has 1 aromatic carbocycles. The number of hydrogen-bond acceptors (Lipinski definition) is 4. The minimum absolute atomic E-state index is 0.00653. The van der Waals surface area contributed by atoms with Gasteiger partial charge in [0, 0.05) is 43.4 Å². The van der Waals surface area contributed by atoms with E-state index < -0.39 is 0 Å². The van der Waals surface area contributed by atoms with E-state index >= 15 is 0 Å². The van der Waals surface area contributed by atoms with Crippen molar-refractivity contribution in [2.24, 2.45) is 4.99 Å². The number of benzene rings is 1. The highest BCUT2D eigenvalue weighted by molar-refractivity contribution is 6.02. The fraction of sp³-hybridized carbons (Fsp3) is 0.476. The van der Waals surface area contributed by atoms with Crippen LogP contribution in [0.25, 0.3) is 0 Å². The predicted molar refractivity (Wildman–Crippen MR) is 102 cm³/mol. The van der Waals surface area contributed by atoms with E-state index in [1.165, 1.54) is 0 Å². The average molecular weight is 364 g/mol. The lowest BCUT2D eigenvalue weighted by Gasteiger charge is -2.30. The summed E-state index contributed by atoms with van der Waals surface area (Å²) in [6, 6.07) is 10.2. The fourth-order valence-corrected chi connectivity index (χ4v) is 4.27. The molecule has 5 rings (SSSR count). The summed E-state index contributed by atoms with van der Waals surface area (Å²) < 4.78 is 7.80. The Hall–Kier alpha value is -2.47. The molecule has 3 heterocycles. The summed E-state index contributed by atoms with van der Waals surface area (Å²) in [7, 11) is 0. The smallest absolute Gasteiger partial charge is 0.273 e. The number of aryl methyl sites for hydroxylation is 1. The first-order valence-electron chi connectivity index (χ1n) is 9.80. The minimum Gasteiger partial charge on any atom is -0.375 e. The maximum absolute atomic E-state index is 13.4. The van der Waals surface area contributed by atoms with Gasteiger partial charge >= 0.3 is 0 Å². The molecule has 2 aromatic rings. The Bertz CT molecular complexity index is 883. The number of amides is 1. The third-order valence-corrected chi connectivity index (χ3v) is 5.97. The van der Waals surface area contributed by atoms with Crippen LogP contribution in [0.3, 0.4) is 0 Å². The number of aromatic nitrogens is 2. The van der Waals surface area contributed by atoms with Gasteiger partial charge in [0.05, 0.1) is 18.9 Å². The molecule has 0 bridgehead atoms. The Morgan fingerprint density at radius 1 is 1.15 bits per heavy atom. The van der Waals surface area contributed by atoms with Crippen LogP contribution >= 0.6 is 0 Å². The monoisotopic (exact) mass is 364 g/mol. The summed E-state index contributed by atoms with van der Waals surface area (Å²) in [4.78, 5) is 19.9. The second kappa shape index (κ2) is 6.60. The molecule has 1 amide bonds. The lowest BCUT2D eigenvalue weighted by molar-refractivity contribution is 0.0478. The van der Waals surface area contributed by atoms with Crippen molar-refractivity contribution in [3.63, 3.8) is 0 Å². The summed E-state index contributed by atoms with van der Waals surface area (Å²) in [5.74, 6) is 0.0930. The maximum atomic E-state index is 13.4. The van der Waals surface area contributed by atoms with Crippen molar-refractivity contribution in [1.29, 1.82) is 0 Å². The lowest BCUT2D eigenvalue weighted by Crippen LogP contribution is -2.43. The van der Waals surface area contributed by atoms with Gasteiger partial charge in [-0.25, -0.2) is 0 Å². The van der Waals surface area contributed by atoms with Crippen LogP contribution in [0, 0.1) is 0 Å². The largest absolute Gasteiger partial charge is 0.375 e. The van der Waals surface area contributed by atoms with E-state index in [1.807, 2.05) is 29.1 Å². The van der Waals surface area contributed by atoms with E-state index in [0.717, 1.165) is 61.3 Å². The molecule has 27 heavy (non-hydrogen) atoms. The lowest BCUT2D eigenvalue weighted by atomic mass is 10.1. The molecule has 1 aliphatic carbocycles. The zero-order chi connectivity index (χ0) is 18.3. The topological polar surface area (TPSA) is 59.7 Å². The Morgan fingerprint density at radius 2 is 2.00 bits per heavy atom. The summed E-state index contributed by atoms with van der Waals surface area (Å²) in [6.45, 7) is 3.33. The standard InChI is InChI=1S/C21H24N4O2/c26-20-19-17-14-22-10-6-18(17)23-25(19)11-9-21(7-8-21)24(20)12-13-27-15-16-4-2-1-3-5-16/h1-5,14H,6-13,15H2. The first kappa shape index (κ1) is 16.7. The molecule has 6 heteroatoms. The van der Waals surface area contributed by atoms with E-state index in [9.17, 15) is 4.79 Å².